The van der Waals surface area contributed by atoms with Gasteiger partial charge in [-0.2, -0.15) is 0 Å². The van der Waals surface area contributed by atoms with Crippen molar-refractivity contribution in [2.45, 2.75) is 26.7 Å². The molecule has 0 fully saturated rings. The van der Waals surface area contributed by atoms with Gasteiger partial charge in [-0.25, -0.2) is 0 Å². The molecular formula is C15H20O3. The fraction of sp³-hybridized carbons (Fsp3) is 0.400. The Labute approximate surface area is 108 Å². The molecule has 3 heteroatoms. The highest BCUT2D eigenvalue weighted by Gasteiger charge is 2.07. The van der Waals surface area contributed by atoms with Gasteiger partial charge in [0.15, 0.2) is 0 Å². The van der Waals surface area contributed by atoms with Crippen molar-refractivity contribution in [1.29, 1.82) is 0 Å². The zero-order chi connectivity index (χ0) is 13.4. The number of benzene rings is 1. The Balaban J connectivity index is 2.47. The molecule has 18 heavy (non-hydrogen) atoms. The van der Waals surface area contributed by atoms with Crippen LogP contribution in [0.15, 0.2) is 36.4 Å². The van der Waals surface area contributed by atoms with Crippen LogP contribution in [0, 0.1) is 0 Å². The average Bonchev–Trinajstić information content (AvgIpc) is 2.35. The van der Waals surface area contributed by atoms with E-state index in [0.717, 1.165) is 16.9 Å². The quantitative estimate of drug-likeness (QED) is 0.549. The molecule has 1 rings (SSSR count). The van der Waals surface area contributed by atoms with Crippen LogP contribution in [-0.4, -0.2) is 19.2 Å². The number of rotatable bonds is 7. The first-order chi connectivity index (χ1) is 8.63. The molecule has 0 saturated carbocycles. The van der Waals surface area contributed by atoms with E-state index in [9.17, 15) is 4.79 Å². The van der Waals surface area contributed by atoms with Crippen molar-refractivity contribution in [1.82, 2.24) is 0 Å². The largest absolute Gasteiger partial charge is 0.494 e. The SMILES string of the molecule is C=C(C)COC(=O)CCc1ccccc1OCC. The van der Waals surface area contributed by atoms with Crippen molar-refractivity contribution >= 4 is 5.97 Å². The van der Waals surface area contributed by atoms with E-state index in [2.05, 4.69) is 6.58 Å². The van der Waals surface area contributed by atoms with Gasteiger partial charge in [0.1, 0.15) is 12.4 Å². The van der Waals surface area contributed by atoms with Crippen LogP contribution in [0.3, 0.4) is 0 Å². The minimum absolute atomic E-state index is 0.204. The van der Waals surface area contributed by atoms with Crippen molar-refractivity contribution in [3.63, 3.8) is 0 Å². The van der Waals surface area contributed by atoms with Gasteiger partial charge in [0, 0.05) is 6.42 Å². The Hall–Kier alpha value is -1.77. The lowest BCUT2D eigenvalue weighted by molar-refractivity contribution is -0.142. The molecule has 0 bridgehead atoms. The number of esters is 1. The lowest BCUT2D eigenvalue weighted by Gasteiger charge is -2.09. The van der Waals surface area contributed by atoms with Crippen LogP contribution in [0.5, 0.6) is 5.75 Å². The number of aryl methyl sites for hydroxylation is 1. The van der Waals surface area contributed by atoms with E-state index in [1.54, 1.807) is 0 Å². The van der Waals surface area contributed by atoms with Crippen molar-refractivity contribution in [3.05, 3.63) is 42.0 Å². The highest BCUT2D eigenvalue weighted by molar-refractivity contribution is 5.70. The van der Waals surface area contributed by atoms with Crippen LogP contribution >= 0.6 is 0 Å². The summed E-state index contributed by atoms with van der Waals surface area (Å²) in [7, 11) is 0. The maximum absolute atomic E-state index is 11.5. The number of carbonyl (C=O) groups is 1. The number of carbonyl (C=O) groups excluding carboxylic acids is 1. The van der Waals surface area contributed by atoms with E-state index in [0.29, 0.717) is 26.1 Å². The van der Waals surface area contributed by atoms with Crippen molar-refractivity contribution in [3.8, 4) is 5.75 Å². The predicted octanol–water partition coefficient (Wildman–Crippen LogP) is 3.14. The fourth-order valence-corrected chi connectivity index (χ4v) is 1.52. The maximum Gasteiger partial charge on any atom is 0.306 e. The second-order valence-corrected chi connectivity index (χ2v) is 4.16. The molecule has 0 N–H and O–H groups in total. The lowest BCUT2D eigenvalue weighted by atomic mass is 10.1. The van der Waals surface area contributed by atoms with Gasteiger partial charge in [-0.3, -0.25) is 4.79 Å². The standard InChI is InChI=1S/C15H20O3/c1-4-17-14-8-6-5-7-13(14)9-10-15(16)18-11-12(2)3/h5-8H,2,4,9-11H2,1,3H3. The van der Waals surface area contributed by atoms with Gasteiger partial charge in [0.2, 0.25) is 0 Å². The Morgan fingerprint density at radius 1 is 1.33 bits per heavy atom. The van der Waals surface area contributed by atoms with Crippen LogP contribution < -0.4 is 4.74 Å². The molecule has 0 spiro atoms. The molecule has 0 saturated heterocycles. The van der Waals surface area contributed by atoms with E-state index in [4.69, 9.17) is 9.47 Å². The third-order valence-electron chi connectivity index (χ3n) is 2.35. The van der Waals surface area contributed by atoms with E-state index >= 15 is 0 Å². The molecule has 0 heterocycles. The summed E-state index contributed by atoms with van der Waals surface area (Å²) in [5, 5.41) is 0. The van der Waals surface area contributed by atoms with Crippen molar-refractivity contribution < 1.29 is 14.3 Å². The van der Waals surface area contributed by atoms with Gasteiger partial charge in [-0.05, 0) is 37.5 Å². The van der Waals surface area contributed by atoms with E-state index in [1.165, 1.54) is 0 Å². The lowest BCUT2D eigenvalue weighted by Crippen LogP contribution is -2.08. The number of ether oxygens (including phenoxy) is 2. The molecule has 1 aromatic rings. The van der Waals surface area contributed by atoms with Crippen molar-refractivity contribution in [2.24, 2.45) is 0 Å². The Kier molecular flexibility index (Phi) is 5.98. The summed E-state index contributed by atoms with van der Waals surface area (Å²) in [6, 6.07) is 7.75. The van der Waals surface area contributed by atoms with Crippen LogP contribution in [0.2, 0.25) is 0 Å². The molecule has 0 amide bonds. The number of hydrogen-bond donors (Lipinski definition) is 0. The minimum atomic E-state index is -0.204. The van der Waals surface area contributed by atoms with Gasteiger partial charge in [-0.1, -0.05) is 24.8 Å². The Morgan fingerprint density at radius 3 is 2.72 bits per heavy atom. The maximum atomic E-state index is 11.5. The molecule has 0 aliphatic carbocycles. The molecule has 3 nitrogen and oxygen atoms in total. The summed E-state index contributed by atoms with van der Waals surface area (Å²) < 4.78 is 10.5. The predicted molar refractivity (Wildman–Crippen MR) is 71.7 cm³/mol. The third-order valence-corrected chi connectivity index (χ3v) is 2.35. The first-order valence-electron chi connectivity index (χ1n) is 6.14. The Bertz CT molecular complexity index is 410. The van der Waals surface area contributed by atoms with E-state index < -0.39 is 0 Å². The number of para-hydroxylation sites is 1. The average molecular weight is 248 g/mol. The van der Waals surface area contributed by atoms with Gasteiger partial charge in [0.05, 0.1) is 6.61 Å². The summed E-state index contributed by atoms with van der Waals surface area (Å²) in [5.74, 6) is 0.636. The zero-order valence-electron chi connectivity index (χ0n) is 11.1. The van der Waals surface area contributed by atoms with Crippen molar-refractivity contribution in [2.75, 3.05) is 13.2 Å². The summed E-state index contributed by atoms with van der Waals surface area (Å²) in [5.41, 5.74) is 1.88. The fourth-order valence-electron chi connectivity index (χ4n) is 1.52. The van der Waals surface area contributed by atoms with Crippen LogP contribution in [0.25, 0.3) is 0 Å². The highest BCUT2D eigenvalue weighted by Crippen LogP contribution is 2.19. The van der Waals surface area contributed by atoms with Gasteiger partial charge < -0.3 is 9.47 Å². The zero-order valence-corrected chi connectivity index (χ0v) is 11.1. The second kappa shape index (κ2) is 7.54. The van der Waals surface area contributed by atoms with Crippen LogP contribution in [0.4, 0.5) is 0 Å². The summed E-state index contributed by atoms with van der Waals surface area (Å²) in [6.45, 7) is 8.38. The molecule has 0 radical (unpaired) electrons. The smallest absolute Gasteiger partial charge is 0.306 e. The first-order valence-corrected chi connectivity index (χ1v) is 6.14. The molecule has 98 valence electrons. The van der Waals surface area contributed by atoms with Gasteiger partial charge in [0.25, 0.3) is 0 Å². The topological polar surface area (TPSA) is 35.5 Å². The third kappa shape index (κ3) is 5.04. The Morgan fingerprint density at radius 2 is 2.06 bits per heavy atom. The summed E-state index contributed by atoms with van der Waals surface area (Å²) in [4.78, 5) is 11.5. The van der Waals surface area contributed by atoms with E-state index in [1.807, 2.05) is 38.1 Å². The molecule has 0 aliphatic heterocycles. The molecule has 0 unspecified atom stereocenters. The second-order valence-electron chi connectivity index (χ2n) is 4.16. The minimum Gasteiger partial charge on any atom is -0.494 e. The van der Waals surface area contributed by atoms with Gasteiger partial charge in [-0.15, -0.1) is 0 Å². The molecular weight excluding hydrogens is 228 g/mol. The van der Waals surface area contributed by atoms with E-state index in [-0.39, 0.29) is 5.97 Å². The molecule has 0 atom stereocenters. The summed E-state index contributed by atoms with van der Waals surface area (Å²) >= 11 is 0. The van der Waals surface area contributed by atoms with Crippen LogP contribution in [-0.2, 0) is 16.0 Å². The monoisotopic (exact) mass is 248 g/mol. The molecule has 1 aromatic carbocycles. The molecule has 0 aliphatic rings. The number of hydrogen-bond acceptors (Lipinski definition) is 3. The normalized spacial score (nSPS) is 9.89. The van der Waals surface area contributed by atoms with Gasteiger partial charge >= 0.3 is 5.97 Å². The summed E-state index contributed by atoms with van der Waals surface area (Å²) in [6.07, 6.45) is 0.989. The van der Waals surface area contributed by atoms with Crippen LogP contribution in [0.1, 0.15) is 25.8 Å². The molecule has 0 aromatic heterocycles. The first kappa shape index (κ1) is 14.3. The highest BCUT2D eigenvalue weighted by atomic mass is 16.5.